The molecule has 0 bridgehead atoms. The number of aryl methyl sites for hydroxylation is 2. The van der Waals surface area contributed by atoms with Crippen molar-refractivity contribution in [2.24, 2.45) is 0 Å². The van der Waals surface area contributed by atoms with Gasteiger partial charge in [-0.25, -0.2) is 4.79 Å². The number of nitrogens with zero attached hydrogens (tertiary/aromatic N) is 3. The van der Waals surface area contributed by atoms with Crippen molar-refractivity contribution in [1.29, 1.82) is 5.26 Å². The molecule has 23 heavy (non-hydrogen) atoms. The molecule has 0 saturated carbocycles. The zero-order valence-electron chi connectivity index (χ0n) is 12.0. The fourth-order valence-corrected chi connectivity index (χ4v) is 3.54. The predicted molar refractivity (Wildman–Crippen MR) is 96.8 cm³/mol. The van der Waals surface area contributed by atoms with Crippen LogP contribution in [0.4, 0.5) is 0 Å². The van der Waals surface area contributed by atoms with Gasteiger partial charge < -0.3 is 0 Å². The monoisotopic (exact) mass is 433 g/mol. The van der Waals surface area contributed by atoms with E-state index < -0.39 is 13.8 Å². The molecule has 0 unspecified atom stereocenters. The fourth-order valence-electron chi connectivity index (χ4n) is 2.14. The van der Waals surface area contributed by atoms with Crippen molar-refractivity contribution in [1.82, 2.24) is 8.54 Å². The lowest BCUT2D eigenvalue weighted by atomic mass is 10.1. The number of aromatic nitrogens is 2. The average molecular weight is 435 g/mol. The van der Waals surface area contributed by atoms with E-state index in [1.54, 1.807) is 6.07 Å². The van der Waals surface area contributed by atoms with Crippen LogP contribution in [0.25, 0.3) is 5.69 Å². The number of rotatable bonds is 3. The first-order valence-corrected chi connectivity index (χ1v) is 8.59. The number of benzene rings is 1. The van der Waals surface area contributed by atoms with Gasteiger partial charge in [0, 0.05) is 18.1 Å². The summed E-state index contributed by atoms with van der Waals surface area (Å²) in [5, 5.41) is 9.18. The largest absolute Gasteiger partial charge is 0.346 e. The van der Waals surface area contributed by atoms with Gasteiger partial charge in [-0.3, -0.25) is 9.36 Å². The molecule has 2 aromatic rings. The van der Waals surface area contributed by atoms with Gasteiger partial charge in [0.2, 0.25) is 2.57 Å². The van der Waals surface area contributed by atoms with Crippen molar-refractivity contribution in [3.63, 3.8) is 0 Å². The van der Waals surface area contributed by atoms with Crippen LogP contribution in [0.3, 0.4) is 0 Å². The second-order valence-electron chi connectivity index (χ2n) is 4.68. The van der Waals surface area contributed by atoms with Crippen LogP contribution in [-0.4, -0.2) is 11.1 Å². The number of hydrogen-bond acceptors (Lipinski definition) is 4. The van der Waals surface area contributed by atoms with E-state index in [4.69, 9.17) is 23.2 Å². The Labute approximate surface area is 154 Å². The maximum Gasteiger partial charge on any atom is 0.346 e. The Morgan fingerprint density at radius 2 is 1.83 bits per heavy atom. The van der Waals surface area contributed by atoms with Gasteiger partial charge in [-0.2, -0.15) is 9.23 Å². The summed E-state index contributed by atoms with van der Waals surface area (Å²) in [5.41, 5.74) is 0.648. The van der Waals surface area contributed by atoms with E-state index in [0.717, 1.165) is 15.1 Å². The molecular weight excluding hydrogens is 425 g/mol. The molecule has 9 heteroatoms. The third-order valence-corrected chi connectivity index (χ3v) is 4.61. The summed E-state index contributed by atoms with van der Waals surface area (Å²) in [6.07, 6.45) is 1.23. The lowest BCUT2D eigenvalue weighted by molar-refractivity contribution is 0.848. The zero-order valence-corrected chi connectivity index (χ0v) is 15.9. The lowest BCUT2D eigenvalue weighted by Gasteiger charge is -2.16. The molecule has 2 rings (SSSR count). The first-order valence-electron chi connectivity index (χ1n) is 6.27. The van der Waals surface area contributed by atoms with Gasteiger partial charge >= 0.3 is 5.69 Å². The molecule has 0 atom stereocenters. The minimum absolute atomic E-state index is 0.190. The van der Waals surface area contributed by atoms with Crippen LogP contribution >= 0.6 is 51.1 Å². The maximum absolute atomic E-state index is 12.7. The number of para-hydroxylation sites is 1. The molecule has 0 saturated heterocycles. The van der Waals surface area contributed by atoms with Gasteiger partial charge in [-0.05, 0) is 40.9 Å². The minimum atomic E-state index is -1.58. The summed E-state index contributed by atoms with van der Waals surface area (Å²) in [7, 11) is 0. The van der Waals surface area contributed by atoms with Crippen molar-refractivity contribution in [3.8, 4) is 11.8 Å². The SMILES string of the molecule is Cc1cccc(C)c1-n1cc(C#N)c(=O)n(SC(Cl)(Cl)Br)c1=O. The van der Waals surface area contributed by atoms with Crippen LogP contribution in [0.1, 0.15) is 16.7 Å². The van der Waals surface area contributed by atoms with Crippen molar-refractivity contribution in [2.75, 3.05) is 0 Å². The summed E-state index contributed by atoms with van der Waals surface area (Å²) < 4.78 is 0.437. The molecule has 120 valence electrons. The minimum Gasteiger partial charge on any atom is -0.267 e. The van der Waals surface area contributed by atoms with Crippen LogP contribution in [0.15, 0.2) is 34.0 Å². The standard InChI is InChI=1S/C14H10BrCl2N3O2S/c1-8-4-3-5-9(2)11(8)19-7-10(6-18)12(21)20(13(19)22)23-14(15,16)17/h3-5,7H,1-2H3. The number of hydrogen-bond donors (Lipinski definition) is 0. The highest BCUT2D eigenvalue weighted by Gasteiger charge is 2.26. The summed E-state index contributed by atoms with van der Waals surface area (Å²) in [4.78, 5) is 24.9. The fraction of sp³-hybridized carbons (Fsp3) is 0.214. The Hall–Kier alpha value is -1.20. The van der Waals surface area contributed by atoms with Crippen LogP contribution < -0.4 is 11.2 Å². The molecule has 1 heterocycles. The van der Waals surface area contributed by atoms with E-state index in [9.17, 15) is 14.9 Å². The quantitative estimate of drug-likeness (QED) is 0.693. The molecule has 0 aliphatic rings. The van der Waals surface area contributed by atoms with Gasteiger partial charge in [-0.15, -0.1) is 0 Å². The van der Waals surface area contributed by atoms with Crippen molar-refractivity contribution < 1.29 is 0 Å². The molecule has 0 spiro atoms. The Balaban J connectivity index is 2.87. The molecule has 0 N–H and O–H groups in total. The van der Waals surface area contributed by atoms with Gasteiger partial charge in [0.25, 0.3) is 5.56 Å². The van der Waals surface area contributed by atoms with Crippen molar-refractivity contribution in [3.05, 3.63) is 61.9 Å². The first-order chi connectivity index (χ1) is 10.7. The Morgan fingerprint density at radius 1 is 1.26 bits per heavy atom. The molecule has 0 amide bonds. The number of alkyl halides is 3. The highest BCUT2D eigenvalue weighted by Crippen LogP contribution is 2.40. The van der Waals surface area contributed by atoms with Crippen LogP contribution in [0, 0.1) is 25.2 Å². The summed E-state index contributed by atoms with van der Waals surface area (Å²) >= 11 is 15.2. The van der Waals surface area contributed by atoms with E-state index in [0.29, 0.717) is 17.6 Å². The third kappa shape index (κ3) is 3.83. The van der Waals surface area contributed by atoms with Crippen LogP contribution in [0.2, 0.25) is 0 Å². The van der Waals surface area contributed by atoms with Crippen LogP contribution in [-0.2, 0) is 0 Å². The van der Waals surface area contributed by atoms with Crippen molar-refractivity contribution in [2.45, 2.75) is 16.4 Å². The van der Waals surface area contributed by atoms with Crippen molar-refractivity contribution >= 4 is 51.1 Å². The Morgan fingerprint density at radius 3 is 2.30 bits per heavy atom. The van der Waals surface area contributed by atoms with Crippen LogP contribution in [0.5, 0.6) is 0 Å². The van der Waals surface area contributed by atoms with E-state index in [-0.39, 0.29) is 5.56 Å². The second kappa shape index (κ2) is 6.73. The smallest absolute Gasteiger partial charge is 0.267 e. The summed E-state index contributed by atoms with van der Waals surface area (Å²) in [6.45, 7) is 3.67. The number of nitriles is 1. The predicted octanol–water partition coefficient (Wildman–Crippen LogP) is 3.47. The second-order valence-corrected chi connectivity index (χ2v) is 10.2. The summed E-state index contributed by atoms with van der Waals surface area (Å²) in [6, 6.07) is 7.32. The maximum atomic E-state index is 12.7. The third-order valence-electron chi connectivity index (χ3n) is 3.05. The molecule has 0 radical (unpaired) electrons. The molecule has 0 fully saturated rings. The molecule has 1 aromatic carbocycles. The van der Waals surface area contributed by atoms with Gasteiger partial charge in [0.1, 0.15) is 11.6 Å². The van der Waals surface area contributed by atoms with E-state index in [1.807, 2.05) is 32.0 Å². The van der Waals surface area contributed by atoms with Gasteiger partial charge in [-0.1, -0.05) is 41.4 Å². The topological polar surface area (TPSA) is 67.8 Å². The molecule has 5 nitrogen and oxygen atoms in total. The van der Waals surface area contributed by atoms with Gasteiger partial charge in [0.15, 0.2) is 0 Å². The highest BCUT2D eigenvalue weighted by molar-refractivity contribution is 9.13. The highest BCUT2D eigenvalue weighted by atomic mass is 79.9. The zero-order chi connectivity index (χ0) is 17.4. The molecule has 0 aliphatic carbocycles. The Kier molecular flexibility index (Phi) is 5.31. The molecular formula is C14H10BrCl2N3O2S. The molecule has 0 aliphatic heterocycles. The average Bonchev–Trinajstić information content (AvgIpc) is 2.44. The number of halogens is 3. The lowest BCUT2D eigenvalue weighted by Crippen LogP contribution is -2.38. The van der Waals surface area contributed by atoms with E-state index >= 15 is 0 Å². The van der Waals surface area contributed by atoms with E-state index in [1.165, 1.54) is 10.8 Å². The first kappa shape index (κ1) is 18.1. The van der Waals surface area contributed by atoms with Gasteiger partial charge in [0.05, 0.1) is 5.69 Å². The molecule has 1 aromatic heterocycles. The normalized spacial score (nSPS) is 11.3. The summed E-state index contributed by atoms with van der Waals surface area (Å²) in [5.74, 6) is 0. The van der Waals surface area contributed by atoms with E-state index in [2.05, 4.69) is 15.9 Å². The Bertz CT molecular complexity index is 905.